The van der Waals surface area contributed by atoms with E-state index in [1.54, 1.807) is 11.1 Å². The summed E-state index contributed by atoms with van der Waals surface area (Å²) >= 11 is 2.42. The van der Waals surface area contributed by atoms with Crippen molar-refractivity contribution >= 4 is 22.6 Å². The third-order valence-electron chi connectivity index (χ3n) is 8.25. The molecule has 8 rings (SSSR count). The van der Waals surface area contributed by atoms with Crippen molar-refractivity contribution < 1.29 is 0 Å². The van der Waals surface area contributed by atoms with Crippen LogP contribution in [0.1, 0.15) is 11.1 Å². The van der Waals surface area contributed by atoms with Crippen molar-refractivity contribution in [3.05, 3.63) is 69.3 Å². The lowest BCUT2D eigenvalue weighted by Crippen LogP contribution is -3.12. The van der Waals surface area contributed by atoms with Crippen LogP contribution < -0.4 is 0 Å². The first-order chi connectivity index (χ1) is 10.3. The van der Waals surface area contributed by atoms with Gasteiger partial charge in [0.1, 0.15) is 0 Å². The first-order valence-electron chi connectivity index (χ1n) is 8.15. The van der Waals surface area contributed by atoms with Gasteiger partial charge >= 0.3 is 0 Å². The van der Waals surface area contributed by atoms with E-state index in [1.165, 1.54) is 3.57 Å². The van der Waals surface area contributed by atoms with Crippen molar-refractivity contribution in [2.45, 2.75) is 10.8 Å². The molecule has 0 amide bonds. The molecule has 0 atom stereocenters. The molecular formula is C20H15I. The fraction of sp³-hybridized carbons (Fsp3) is 0.400. The molecule has 0 aliphatic heterocycles. The van der Waals surface area contributed by atoms with Crippen molar-refractivity contribution in [3.8, 4) is 0 Å². The zero-order chi connectivity index (χ0) is 13.6. The predicted octanol–water partition coefficient (Wildman–Crippen LogP) is 4.23. The molecule has 6 aliphatic carbocycles. The van der Waals surface area contributed by atoms with E-state index in [4.69, 9.17) is 0 Å². The van der Waals surface area contributed by atoms with Gasteiger partial charge in [-0.2, -0.15) is 0 Å². The van der Waals surface area contributed by atoms with Gasteiger partial charge in [0.25, 0.3) is 0 Å². The summed E-state index contributed by atoms with van der Waals surface area (Å²) in [6.45, 7) is 0. The number of halogens is 1. The molecule has 2 aromatic carbocycles. The third-order valence-corrected chi connectivity index (χ3v) is 8.97. The second-order valence-corrected chi connectivity index (χ2v) is 9.14. The van der Waals surface area contributed by atoms with Gasteiger partial charge in [0, 0.05) is 14.4 Å². The van der Waals surface area contributed by atoms with Gasteiger partial charge in [-0.15, -0.1) is 0 Å². The van der Waals surface area contributed by atoms with Crippen LogP contribution in [0.15, 0.2) is 54.6 Å². The van der Waals surface area contributed by atoms with Crippen molar-refractivity contribution in [2.24, 2.45) is 35.5 Å². The van der Waals surface area contributed by atoms with Crippen LogP contribution in [0.4, 0.5) is 0 Å². The third kappa shape index (κ3) is 0.711. The van der Waals surface area contributed by atoms with Crippen LogP contribution in [0, 0.1) is 39.1 Å². The Kier molecular flexibility index (Phi) is 1.47. The van der Waals surface area contributed by atoms with Gasteiger partial charge in [-0.1, -0.05) is 42.5 Å². The fourth-order valence-electron chi connectivity index (χ4n) is 8.15. The van der Waals surface area contributed by atoms with E-state index in [2.05, 4.69) is 77.2 Å². The Morgan fingerprint density at radius 1 is 0.571 bits per heavy atom. The number of hydrogen-bond donors (Lipinski definition) is 0. The molecule has 0 N–H and O–H groups in total. The fourth-order valence-corrected chi connectivity index (χ4v) is 8.51. The Labute approximate surface area is 138 Å². The Hall–Kier alpha value is -0.830. The molecule has 21 heavy (non-hydrogen) atoms. The minimum absolute atomic E-state index is 0.654. The van der Waals surface area contributed by atoms with Crippen LogP contribution >= 0.6 is 22.6 Å². The van der Waals surface area contributed by atoms with Crippen LogP contribution in [-0.4, -0.2) is 0 Å². The van der Waals surface area contributed by atoms with Crippen molar-refractivity contribution in [3.63, 3.8) is 0 Å². The highest BCUT2D eigenvalue weighted by Gasteiger charge is 3.09. The average Bonchev–Trinajstić information content (AvgIpc) is 2.56. The van der Waals surface area contributed by atoms with Crippen LogP contribution in [0.5, 0.6) is 0 Å². The SMILES string of the molecule is Ic1ccc(C23C4C5C2C2C3C4C52c2ccccc2)cc1. The van der Waals surface area contributed by atoms with Gasteiger partial charge in [0.2, 0.25) is 0 Å². The van der Waals surface area contributed by atoms with Crippen LogP contribution in [0.2, 0.25) is 0 Å². The van der Waals surface area contributed by atoms with E-state index in [1.807, 2.05) is 0 Å². The van der Waals surface area contributed by atoms with E-state index < -0.39 is 0 Å². The lowest BCUT2D eigenvalue weighted by Gasteiger charge is -3.12. The molecule has 0 unspecified atom stereocenters. The molecule has 6 saturated carbocycles. The zero-order valence-electron chi connectivity index (χ0n) is 11.5. The summed E-state index contributed by atoms with van der Waals surface area (Å²) in [6, 6.07) is 20.9. The van der Waals surface area contributed by atoms with Gasteiger partial charge < -0.3 is 0 Å². The maximum absolute atomic E-state index is 2.43. The van der Waals surface area contributed by atoms with E-state index >= 15 is 0 Å². The molecule has 102 valence electrons. The molecule has 0 saturated heterocycles. The summed E-state index contributed by atoms with van der Waals surface area (Å²) < 4.78 is 1.37. The number of hydrogen-bond acceptors (Lipinski definition) is 0. The molecular weight excluding hydrogens is 367 g/mol. The lowest BCUT2D eigenvalue weighted by molar-refractivity contribution is -0.596. The highest BCUT2D eigenvalue weighted by Crippen LogP contribution is 3.09. The first kappa shape index (κ1) is 10.8. The van der Waals surface area contributed by atoms with E-state index in [0.717, 1.165) is 35.5 Å². The first-order valence-corrected chi connectivity index (χ1v) is 9.23. The van der Waals surface area contributed by atoms with Gasteiger partial charge in [0.05, 0.1) is 0 Å². The van der Waals surface area contributed by atoms with E-state index in [9.17, 15) is 0 Å². The van der Waals surface area contributed by atoms with Gasteiger partial charge in [-0.3, -0.25) is 0 Å². The van der Waals surface area contributed by atoms with Crippen molar-refractivity contribution in [1.82, 2.24) is 0 Å². The minimum atomic E-state index is 0.654. The normalized spacial score (nSPS) is 55.3. The Balaban J connectivity index is 1.32. The zero-order valence-corrected chi connectivity index (χ0v) is 13.7. The highest BCUT2D eigenvalue weighted by molar-refractivity contribution is 14.1. The second-order valence-electron chi connectivity index (χ2n) is 7.89. The van der Waals surface area contributed by atoms with Gasteiger partial charge in [-0.25, -0.2) is 0 Å². The Morgan fingerprint density at radius 2 is 1.00 bits per heavy atom. The lowest BCUT2D eigenvalue weighted by atomic mass is 8.91. The number of benzene rings is 2. The van der Waals surface area contributed by atoms with Crippen LogP contribution in [0.3, 0.4) is 0 Å². The van der Waals surface area contributed by atoms with Gasteiger partial charge in [-0.05, 0) is 81.4 Å². The molecule has 0 heterocycles. The van der Waals surface area contributed by atoms with Crippen LogP contribution in [0.25, 0.3) is 0 Å². The van der Waals surface area contributed by atoms with Crippen molar-refractivity contribution in [2.75, 3.05) is 0 Å². The summed E-state index contributed by atoms with van der Waals surface area (Å²) in [5.74, 6) is 6.24. The van der Waals surface area contributed by atoms with Gasteiger partial charge in [0.15, 0.2) is 0 Å². The molecule has 6 aliphatic rings. The summed E-state index contributed by atoms with van der Waals surface area (Å²) in [6.07, 6.45) is 0. The summed E-state index contributed by atoms with van der Waals surface area (Å²) in [7, 11) is 0. The topological polar surface area (TPSA) is 0 Å². The average molecular weight is 382 g/mol. The Bertz CT molecular complexity index is 750. The molecule has 6 fully saturated rings. The molecule has 0 aromatic heterocycles. The standard InChI is InChI=1S/C20H15I/c21-12-8-6-11(7-9-12)20-16-13-17(20)15-18(20)14(16)19(13,15)10-4-2-1-3-5-10/h1-9,13-18H. The highest BCUT2D eigenvalue weighted by atomic mass is 127. The minimum Gasteiger partial charge on any atom is -0.0622 e. The smallest absolute Gasteiger partial charge is 0.0130 e. The summed E-state index contributed by atoms with van der Waals surface area (Å²) in [5, 5.41) is 0. The molecule has 0 nitrogen and oxygen atoms in total. The molecule has 1 heteroatoms. The monoisotopic (exact) mass is 382 g/mol. The summed E-state index contributed by atoms with van der Waals surface area (Å²) in [4.78, 5) is 0. The maximum Gasteiger partial charge on any atom is 0.0130 e. The predicted molar refractivity (Wildman–Crippen MR) is 89.9 cm³/mol. The largest absolute Gasteiger partial charge is 0.0622 e. The molecule has 0 radical (unpaired) electrons. The molecule has 2 aromatic rings. The Morgan fingerprint density at radius 3 is 1.48 bits per heavy atom. The second kappa shape index (κ2) is 2.84. The maximum atomic E-state index is 2.43. The quantitative estimate of drug-likeness (QED) is 0.682. The van der Waals surface area contributed by atoms with Crippen LogP contribution in [-0.2, 0) is 10.8 Å². The molecule has 0 spiro atoms. The summed E-state index contributed by atoms with van der Waals surface area (Å²) in [5.41, 5.74) is 4.66. The molecule has 0 bridgehead atoms. The van der Waals surface area contributed by atoms with E-state index in [0.29, 0.717) is 10.8 Å². The van der Waals surface area contributed by atoms with E-state index in [-0.39, 0.29) is 0 Å². The van der Waals surface area contributed by atoms with Crippen molar-refractivity contribution in [1.29, 1.82) is 0 Å². The number of rotatable bonds is 2.